The van der Waals surface area contributed by atoms with Gasteiger partial charge >= 0.3 is 0 Å². The minimum absolute atomic E-state index is 1.11. The van der Waals surface area contributed by atoms with Crippen molar-refractivity contribution in [2.24, 2.45) is 0 Å². The number of nitrogens with zero attached hydrogens (tertiary/aromatic N) is 2. The molecule has 264 valence electrons. The van der Waals surface area contributed by atoms with Gasteiger partial charge < -0.3 is 9.47 Å². The Hall–Kier alpha value is -7.42. The van der Waals surface area contributed by atoms with Crippen LogP contribution in [0.3, 0.4) is 0 Å². The molecule has 2 heteroatoms. The van der Waals surface area contributed by atoms with Crippen LogP contribution in [0.25, 0.3) is 72.0 Å². The molecule has 1 aromatic heterocycles. The van der Waals surface area contributed by atoms with Gasteiger partial charge in [0.25, 0.3) is 0 Å². The number of para-hydroxylation sites is 2. The van der Waals surface area contributed by atoms with Crippen molar-refractivity contribution in [2.75, 3.05) is 4.90 Å². The Bertz CT molecular complexity index is 2910. The molecule has 0 aliphatic carbocycles. The number of anilines is 3. The number of rotatable bonds is 8. The molecule has 2 nitrogen and oxygen atoms in total. The van der Waals surface area contributed by atoms with Crippen LogP contribution in [0, 0.1) is 0 Å². The molecule has 0 unspecified atom stereocenters. The number of hydrogen-bond donors (Lipinski definition) is 0. The molecule has 0 atom stereocenters. The lowest BCUT2D eigenvalue weighted by atomic mass is 9.98. The molecule has 1 heterocycles. The summed E-state index contributed by atoms with van der Waals surface area (Å²) < 4.78 is 2.40. The molecule has 10 aromatic rings. The van der Waals surface area contributed by atoms with E-state index in [0.717, 1.165) is 22.7 Å². The van der Waals surface area contributed by atoms with Crippen LogP contribution >= 0.6 is 0 Å². The fourth-order valence-corrected chi connectivity index (χ4v) is 8.00. The fraction of sp³-hybridized carbons (Fsp3) is 0. The van der Waals surface area contributed by atoms with E-state index in [9.17, 15) is 0 Å². The highest BCUT2D eigenvalue weighted by atomic mass is 15.1. The maximum atomic E-state index is 2.40. The first-order valence-electron chi connectivity index (χ1n) is 19.2. The Morgan fingerprint density at radius 1 is 0.250 bits per heavy atom. The van der Waals surface area contributed by atoms with E-state index in [0.29, 0.717) is 0 Å². The van der Waals surface area contributed by atoms with Gasteiger partial charge in [0.15, 0.2) is 0 Å². The number of benzene rings is 9. The molecular weight excluding hydrogens is 677 g/mol. The average molecular weight is 715 g/mol. The molecule has 0 radical (unpaired) electrons. The van der Waals surface area contributed by atoms with E-state index in [2.05, 4.69) is 240 Å². The summed E-state index contributed by atoms with van der Waals surface area (Å²) in [4.78, 5) is 2.31. The van der Waals surface area contributed by atoms with Crippen LogP contribution in [0.15, 0.2) is 231 Å². The second-order valence-corrected chi connectivity index (χ2v) is 14.2. The van der Waals surface area contributed by atoms with Crippen LogP contribution in [-0.2, 0) is 0 Å². The zero-order chi connectivity index (χ0) is 37.3. The molecule has 10 rings (SSSR count). The molecule has 0 saturated carbocycles. The van der Waals surface area contributed by atoms with Gasteiger partial charge in [-0.2, -0.15) is 0 Å². The van der Waals surface area contributed by atoms with Gasteiger partial charge in [0.2, 0.25) is 0 Å². The largest absolute Gasteiger partial charge is 0.311 e. The van der Waals surface area contributed by atoms with Gasteiger partial charge in [-0.1, -0.05) is 164 Å². The van der Waals surface area contributed by atoms with Crippen LogP contribution in [0.1, 0.15) is 0 Å². The van der Waals surface area contributed by atoms with E-state index in [4.69, 9.17) is 0 Å². The lowest BCUT2D eigenvalue weighted by Crippen LogP contribution is -2.09. The van der Waals surface area contributed by atoms with E-state index in [1.165, 1.54) is 66.3 Å². The monoisotopic (exact) mass is 714 g/mol. The molecule has 0 N–H and O–H groups in total. The van der Waals surface area contributed by atoms with Crippen LogP contribution < -0.4 is 4.90 Å². The van der Waals surface area contributed by atoms with Crippen molar-refractivity contribution in [3.63, 3.8) is 0 Å². The highest BCUT2D eigenvalue weighted by Gasteiger charge is 2.15. The van der Waals surface area contributed by atoms with Gasteiger partial charge in [0.05, 0.1) is 11.0 Å². The normalized spacial score (nSPS) is 11.2. The summed E-state index contributed by atoms with van der Waals surface area (Å²) in [6, 6.07) is 82.9. The molecule has 0 saturated heterocycles. The summed E-state index contributed by atoms with van der Waals surface area (Å²) in [6.07, 6.45) is 0. The Morgan fingerprint density at radius 2 is 0.643 bits per heavy atom. The van der Waals surface area contributed by atoms with Crippen molar-refractivity contribution in [3.8, 4) is 50.2 Å². The van der Waals surface area contributed by atoms with Crippen molar-refractivity contribution in [1.82, 2.24) is 4.57 Å². The quantitative estimate of drug-likeness (QED) is 0.152. The Morgan fingerprint density at radius 3 is 1.25 bits per heavy atom. The van der Waals surface area contributed by atoms with Gasteiger partial charge in [0, 0.05) is 33.5 Å². The zero-order valence-electron chi connectivity index (χ0n) is 30.8. The van der Waals surface area contributed by atoms with E-state index < -0.39 is 0 Å². The summed E-state index contributed by atoms with van der Waals surface area (Å²) in [7, 11) is 0. The van der Waals surface area contributed by atoms with Crippen molar-refractivity contribution < 1.29 is 0 Å². The molecule has 56 heavy (non-hydrogen) atoms. The van der Waals surface area contributed by atoms with E-state index >= 15 is 0 Å². The summed E-state index contributed by atoms with van der Waals surface area (Å²) in [5.41, 5.74) is 16.6. The first-order chi connectivity index (χ1) is 27.8. The summed E-state index contributed by atoms with van der Waals surface area (Å²) in [6.45, 7) is 0. The topological polar surface area (TPSA) is 8.17 Å². The van der Waals surface area contributed by atoms with Gasteiger partial charge in [-0.05, 0) is 111 Å². The minimum Gasteiger partial charge on any atom is -0.311 e. The second-order valence-electron chi connectivity index (χ2n) is 14.2. The van der Waals surface area contributed by atoms with Crippen LogP contribution in [0.4, 0.5) is 17.1 Å². The van der Waals surface area contributed by atoms with Gasteiger partial charge in [-0.25, -0.2) is 0 Å². The fourth-order valence-electron chi connectivity index (χ4n) is 8.00. The molecule has 9 aromatic carbocycles. The number of fused-ring (bicyclic) bond motifs is 3. The first kappa shape index (κ1) is 33.2. The second kappa shape index (κ2) is 14.4. The SMILES string of the molecule is c1ccc(-c2ccc(N(c3ccccc3)c3ccc(-c4ccc(-c5ccc6c(c5)c5ccccc5n6-c5cccc(-c6ccccc6)c5)cc4)cc3)cc2)cc1. The average Bonchev–Trinajstić information content (AvgIpc) is 3.62. The number of aromatic nitrogens is 1. The van der Waals surface area contributed by atoms with Gasteiger partial charge in [0.1, 0.15) is 0 Å². The van der Waals surface area contributed by atoms with Crippen LogP contribution in [0.5, 0.6) is 0 Å². The standard InChI is InChI=1S/C54H38N2/c1-4-13-39(14-5-1)42-27-32-48(33-28-42)55(47-18-8-3-9-19-47)49-34-29-43(30-35-49)41-23-25-44(26-24-41)46-31-36-54-52(38-46)51-21-10-11-22-53(51)56(54)50-20-12-17-45(37-50)40-15-6-2-7-16-40/h1-38H. The Labute approximate surface area is 327 Å². The Kier molecular flexibility index (Phi) is 8.55. The summed E-state index contributed by atoms with van der Waals surface area (Å²) in [5.74, 6) is 0. The third kappa shape index (κ3) is 6.24. The van der Waals surface area contributed by atoms with Gasteiger partial charge in [-0.3, -0.25) is 0 Å². The molecule has 0 spiro atoms. The smallest absolute Gasteiger partial charge is 0.0541 e. The molecule has 0 amide bonds. The summed E-state index contributed by atoms with van der Waals surface area (Å²) >= 11 is 0. The van der Waals surface area contributed by atoms with E-state index in [1.54, 1.807) is 0 Å². The predicted octanol–water partition coefficient (Wildman–Crippen LogP) is 14.9. The summed E-state index contributed by atoms with van der Waals surface area (Å²) in [5, 5.41) is 2.50. The Balaban J connectivity index is 0.947. The van der Waals surface area contributed by atoms with Crippen molar-refractivity contribution in [1.29, 1.82) is 0 Å². The highest BCUT2D eigenvalue weighted by Crippen LogP contribution is 2.38. The first-order valence-corrected chi connectivity index (χ1v) is 19.2. The number of hydrogen-bond acceptors (Lipinski definition) is 1. The molecule has 0 aliphatic rings. The van der Waals surface area contributed by atoms with E-state index in [1.807, 2.05) is 0 Å². The van der Waals surface area contributed by atoms with Crippen molar-refractivity contribution in [2.45, 2.75) is 0 Å². The molecular formula is C54H38N2. The maximum Gasteiger partial charge on any atom is 0.0541 e. The molecule has 0 aliphatic heterocycles. The predicted molar refractivity (Wildman–Crippen MR) is 237 cm³/mol. The van der Waals surface area contributed by atoms with Gasteiger partial charge in [-0.15, -0.1) is 0 Å². The third-order valence-corrected chi connectivity index (χ3v) is 10.8. The minimum atomic E-state index is 1.11. The lowest BCUT2D eigenvalue weighted by Gasteiger charge is -2.26. The van der Waals surface area contributed by atoms with Crippen molar-refractivity contribution >= 4 is 38.9 Å². The molecule has 0 fully saturated rings. The van der Waals surface area contributed by atoms with Crippen molar-refractivity contribution in [3.05, 3.63) is 231 Å². The zero-order valence-corrected chi connectivity index (χ0v) is 30.8. The van der Waals surface area contributed by atoms with E-state index in [-0.39, 0.29) is 0 Å². The lowest BCUT2D eigenvalue weighted by molar-refractivity contribution is 1.18. The maximum absolute atomic E-state index is 2.40. The molecule has 0 bridgehead atoms. The highest BCUT2D eigenvalue weighted by molar-refractivity contribution is 6.10. The third-order valence-electron chi connectivity index (χ3n) is 10.8. The van der Waals surface area contributed by atoms with Crippen LogP contribution in [-0.4, -0.2) is 4.57 Å². The van der Waals surface area contributed by atoms with Crippen LogP contribution in [0.2, 0.25) is 0 Å².